The largest absolute Gasteiger partial charge is 0.387 e. The van der Waals surface area contributed by atoms with E-state index in [0.717, 1.165) is 34.1 Å². The van der Waals surface area contributed by atoms with E-state index in [4.69, 9.17) is 5.73 Å². The first-order chi connectivity index (χ1) is 17.0. The molecule has 0 aliphatic carbocycles. The van der Waals surface area contributed by atoms with Crippen LogP contribution in [0.2, 0.25) is 0 Å². The summed E-state index contributed by atoms with van der Waals surface area (Å²) in [5.74, 6) is -2.20. The number of nitrogens with zero attached hydrogens (tertiary/aromatic N) is 1. The van der Waals surface area contributed by atoms with Gasteiger partial charge in [0.15, 0.2) is 0 Å². The first-order valence-corrected chi connectivity index (χ1v) is 12.0. The van der Waals surface area contributed by atoms with E-state index in [2.05, 4.69) is 5.32 Å². The van der Waals surface area contributed by atoms with Crippen LogP contribution < -0.4 is 11.1 Å². The van der Waals surface area contributed by atoms with Crippen LogP contribution >= 0.6 is 0 Å². The number of imide groups is 1. The van der Waals surface area contributed by atoms with Crippen molar-refractivity contribution < 1.29 is 19.5 Å². The molecular formula is C28H33N3O4. The Labute approximate surface area is 205 Å². The van der Waals surface area contributed by atoms with Crippen LogP contribution in [-0.4, -0.2) is 47.4 Å². The average Bonchev–Trinajstić information content (AvgIpc) is 2.90. The predicted octanol–water partition coefficient (Wildman–Crippen LogP) is 3.35. The molecule has 1 unspecified atom stereocenters. The molecule has 1 atom stereocenters. The van der Waals surface area contributed by atoms with E-state index in [1.54, 1.807) is 18.2 Å². The first-order valence-electron chi connectivity index (χ1n) is 12.0. The van der Waals surface area contributed by atoms with Crippen LogP contribution in [0.15, 0.2) is 66.7 Å². The molecule has 0 radical (unpaired) electrons. The summed E-state index contributed by atoms with van der Waals surface area (Å²) in [6.45, 7) is 1.83. The molecule has 3 aromatic rings. The van der Waals surface area contributed by atoms with Gasteiger partial charge in [0.05, 0.1) is 5.92 Å². The molecule has 0 spiro atoms. The van der Waals surface area contributed by atoms with Crippen LogP contribution in [-0.2, 0) is 16.1 Å². The molecule has 3 rings (SSSR count). The Bertz CT molecular complexity index is 1180. The number of benzene rings is 3. The molecule has 0 fully saturated rings. The van der Waals surface area contributed by atoms with Gasteiger partial charge >= 0.3 is 0 Å². The van der Waals surface area contributed by atoms with Gasteiger partial charge in [-0.25, -0.2) is 0 Å². The van der Waals surface area contributed by atoms with E-state index in [0.29, 0.717) is 24.1 Å². The molecule has 0 aliphatic heterocycles. The number of hydrogen-bond donors (Lipinski definition) is 3. The highest BCUT2D eigenvalue weighted by molar-refractivity contribution is 6.00. The fourth-order valence-corrected chi connectivity index (χ4v) is 4.06. The highest BCUT2D eigenvalue weighted by Crippen LogP contribution is 2.24. The number of aliphatic hydroxyl groups is 1. The molecule has 0 bridgehead atoms. The molecule has 35 heavy (non-hydrogen) atoms. The highest BCUT2D eigenvalue weighted by atomic mass is 16.3. The zero-order valence-corrected chi connectivity index (χ0v) is 20.1. The van der Waals surface area contributed by atoms with Crippen LogP contribution in [0.4, 0.5) is 0 Å². The fraction of sp³-hybridized carbons (Fsp3) is 0.321. The van der Waals surface area contributed by atoms with E-state index >= 15 is 0 Å². The number of amides is 3. The smallest absolute Gasteiger partial charge is 0.254 e. The van der Waals surface area contributed by atoms with Gasteiger partial charge < -0.3 is 16.2 Å². The quantitative estimate of drug-likeness (QED) is 0.368. The number of carbonyl (C=O) groups excluding carboxylic acids is 3. The predicted molar refractivity (Wildman–Crippen MR) is 137 cm³/mol. The number of hydrogen-bond acceptors (Lipinski definition) is 5. The van der Waals surface area contributed by atoms with Gasteiger partial charge in [-0.3, -0.25) is 19.3 Å². The zero-order chi connectivity index (χ0) is 25.2. The average molecular weight is 476 g/mol. The maximum Gasteiger partial charge on any atom is 0.254 e. The lowest BCUT2D eigenvalue weighted by molar-refractivity contribution is -0.147. The van der Waals surface area contributed by atoms with Crippen molar-refractivity contribution in [2.45, 2.75) is 38.6 Å². The second-order valence-electron chi connectivity index (χ2n) is 8.52. The topological polar surface area (TPSA) is 113 Å². The molecule has 0 saturated heterocycles. The van der Waals surface area contributed by atoms with E-state index in [1.807, 2.05) is 55.5 Å². The number of carbonyl (C=O) groups is 3. The summed E-state index contributed by atoms with van der Waals surface area (Å²) in [4.78, 5) is 40.1. The van der Waals surface area contributed by atoms with Crippen molar-refractivity contribution in [3.05, 3.63) is 83.4 Å². The summed E-state index contributed by atoms with van der Waals surface area (Å²) < 4.78 is 0. The lowest BCUT2D eigenvalue weighted by Crippen LogP contribution is -2.45. The minimum Gasteiger partial charge on any atom is -0.387 e. The van der Waals surface area contributed by atoms with Gasteiger partial charge in [0.1, 0.15) is 6.61 Å². The number of fused-ring (bicyclic) bond motifs is 1. The molecule has 184 valence electrons. The third-order valence-corrected chi connectivity index (χ3v) is 6.05. The van der Waals surface area contributed by atoms with Gasteiger partial charge in [0, 0.05) is 25.2 Å². The Morgan fingerprint density at radius 3 is 2.46 bits per heavy atom. The van der Waals surface area contributed by atoms with Crippen molar-refractivity contribution in [1.29, 1.82) is 0 Å². The van der Waals surface area contributed by atoms with E-state index < -0.39 is 24.3 Å². The number of nitrogens with two attached hydrogens (primary N) is 1. The van der Waals surface area contributed by atoms with Crippen LogP contribution in [0.1, 0.15) is 53.6 Å². The Kier molecular flexibility index (Phi) is 9.52. The molecule has 3 aromatic carbocycles. The molecule has 3 amide bonds. The van der Waals surface area contributed by atoms with E-state index in [-0.39, 0.29) is 19.0 Å². The summed E-state index contributed by atoms with van der Waals surface area (Å²) in [7, 11) is 0. The van der Waals surface area contributed by atoms with Crippen molar-refractivity contribution >= 4 is 28.5 Å². The minimum atomic E-state index is -0.793. The third kappa shape index (κ3) is 6.74. The lowest BCUT2D eigenvalue weighted by atomic mass is 9.94. The normalized spacial score (nSPS) is 11.7. The Morgan fingerprint density at radius 2 is 1.74 bits per heavy atom. The van der Waals surface area contributed by atoms with Crippen molar-refractivity contribution in [2.24, 2.45) is 5.73 Å². The van der Waals surface area contributed by atoms with Gasteiger partial charge in [-0.2, -0.15) is 0 Å². The number of nitrogens with one attached hydrogen (secondary N) is 1. The van der Waals surface area contributed by atoms with E-state index in [9.17, 15) is 19.5 Å². The molecule has 7 heteroatoms. The SMILES string of the molecule is CCCCCN(C(=O)CO)C(=O)C(CNC(=O)c1cccc(CN)c1)c1ccc2ccccc2c1. The number of rotatable bonds is 11. The van der Waals surface area contributed by atoms with Gasteiger partial charge in [-0.05, 0) is 40.5 Å². The molecule has 0 aromatic heterocycles. The Hall–Kier alpha value is -3.55. The summed E-state index contributed by atoms with van der Waals surface area (Å²) in [6, 6.07) is 20.5. The van der Waals surface area contributed by atoms with Crippen LogP contribution in [0, 0.1) is 0 Å². The first kappa shape index (κ1) is 26.1. The summed E-state index contributed by atoms with van der Waals surface area (Å²) in [6.07, 6.45) is 2.44. The Balaban J connectivity index is 1.91. The van der Waals surface area contributed by atoms with Gasteiger partial charge in [-0.15, -0.1) is 0 Å². The summed E-state index contributed by atoms with van der Waals surface area (Å²) in [5, 5.41) is 14.3. The van der Waals surface area contributed by atoms with Crippen LogP contribution in [0.3, 0.4) is 0 Å². The maximum absolute atomic E-state index is 13.7. The standard InChI is InChI=1S/C28H33N3O4/c1-2-3-6-14-31(26(33)19-32)28(35)25(23-13-12-21-9-4-5-10-22(21)16-23)18-30-27(34)24-11-7-8-20(15-24)17-29/h4-5,7-13,15-16,25,32H,2-3,6,14,17-19,29H2,1H3,(H,30,34). The molecule has 0 saturated carbocycles. The van der Waals surface area contributed by atoms with Crippen molar-refractivity contribution in [1.82, 2.24) is 10.2 Å². The zero-order valence-electron chi connectivity index (χ0n) is 20.1. The van der Waals surface area contributed by atoms with E-state index in [1.165, 1.54) is 0 Å². The Morgan fingerprint density at radius 1 is 0.971 bits per heavy atom. The number of unbranched alkanes of at least 4 members (excludes halogenated alkanes) is 2. The second-order valence-corrected chi connectivity index (χ2v) is 8.52. The van der Waals surface area contributed by atoms with Crippen LogP contribution in [0.25, 0.3) is 10.8 Å². The second kappa shape index (κ2) is 12.8. The molecule has 4 N–H and O–H groups in total. The monoisotopic (exact) mass is 475 g/mol. The van der Waals surface area contributed by atoms with Crippen molar-refractivity contribution in [2.75, 3.05) is 19.7 Å². The van der Waals surface area contributed by atoms with Gasteiger partial charge in [0.25, 0.3) is 11.8 Å². The summed E-state index contributed by atoms with van der Waals surface area (Å²) >= 11 is 0. The summed E-state index contributed by atoms with van der Waals surface area (Å²) in [5.41, 5.74) is 7.66. The van der Waals surface area contributed by atoms with Crippen LogP contribution in [0.5, 0.6) is 0 Å². The van der Waals surface area contributed by atoms with Gasteiger partial charge in [-0.1, -0.05) is 74.4 Å². The fourth-order valence-electron chi connectivity index (χ4n) is 4.06. The molecule has 0 heterocycles. The molecule has 0 aliphatic rings. The lowest BCUT2D eigenvalue weighted by Gasteiger charge is -2.26. The number of aliphatic hydroxyl groups excluding tert-OH is 1. The minimum absolute atomic E-state index is 0.00580. The van der Waals surface area contributed by atoms with Crippen molar-refractivity contribution in [3.8, 4) is 0 Å². The third-order valence-electron chi connectivity index (χ3n) is 6.05. The molecule has 7 nitrogen and oxygen atoms in total. The van der Waals surface area contributed by atoms with Crippen molar-refractivity contribution in [3.63, 3.8) is 0 Å². The maximum atomic E-state index is 13.7. The highest BCUT2D eigenvalue weighted by Gasteiger charge is 2.30. The van der Waals surface area contributed by atoms with Gasteiger partial charge in [0.2, 0.25) is 5.91 Å². The molecular weight excluding hydrogens is 442 g/mol.